The molecule has 0 amide bonds. The highest BCUT2D eigenvalue weighted by Crippen LogP contribution is 2.19. The third-order valence-corrected chi connectivity index (χ3v) is 3.61. The maximum atomic E-state index is 13.2. The molecule has 0 fully saturated rings. The summed E-state index contributed by atoms with van der Waals surface area (Å²) in [7, 11) is -4.25. The Labute approximate surface area is 96.7 Å². The van der Waals surface area contributed by atoms with Gasteiger partial charge in [-0.2, -0.15) is 0 Å². The van der Waals surface area contributed by atoms with Crippen LogP contribution in [0.3, 0.4) is 0 Å². The van der Waals surface area contributed by atoms with Crippen molar-refractivity contribution in [3.8, 4) is 0 Å². The number of nitrogens with one attached hydrogen (secondary N) is 1. The highest BCUT2D eigenvalue weighted by atomic mass is 32.2. The SMILES string of the molecule is C[C@@H](CN)NS(=O)(=O)c1ccc(F)c(F)c1F. The summed E-state index contributed by atoms with van der Waals surface area (Å²) in [5, 5.41) is 0. The summed E-state index contributed by atoms with van der Waals surface area (Å²) in [5.74, 6) is -5.02. The van der Waals surface area contributed by atoms with E-state index < -0.39 is 38.4 Å². The van der Waals surface area contributed by atoms with Crippen molar-refractivity contribution in [2.45, 2.75) is 17.9 Å². The third-order valence-electron chi connectivity index (χ3n) is 2.00. The van der Waals surface area contributed by atoms with Crippen molar-refractivity contribution >= 4 is 10.0 Å². The lowest BCUT2D eigenvalue weighted by Gasteiger charge is -2.12. The van der Waals surface area contributed by atoms with Crippen LogP contribution in [0.5, 0.6) is 0 Å². The van der Waals surface area contributed by atoms with E-state index in [-0.39, 0.29) is 6.54 Å². The zero-order chi connectivity index (χ0) is 13.2. The standard InChI is InChI=1S/C9H11F3N2O2S/c1-5(4-13)14-17(15,16)7-3-2-6(10)8(11)9(7)12/h2-3,5,14H,4,13H2,1H3/t5-/m0/s1. The fraction of sp³-hybridized carbons (Fsp3) is 0.333. The highest BCUT2D eigenvalue weighted by Gasteiger charge is 2.24. The van der Waals surface area contributed by atoms with E-state index in [1.165, 1.54) is 6.92 Å². The molecule has 0 saturated heterocycles. The summed E-state index contributed by atoms with van der Waals surface area (Å²) in [6, 6.07) is 0.548. The first kappa shape index (κ1) is 13.9. The van der Waals surface area contributed by atoms with Crippen LogP contribution >= 0.6 is 0 Å². The van der Waals surface area contributed by atoms with Crippen LogP contribution in [0.4, 0.5) is 13.2 Å². The van der Waals surface area contributed by atoms with Gasteiger partial charge >= 0.3 is 0 Å². The number of sulfonamides is 1. The molecule has 96 valence electrons. The fourth-order valence-electron chi connectivity index (χ4n) is 1.09. The van der Waals surface area contributed by atoms with Crippen molar-refractivity contribution in [2.75, 3.05) is 6.54 Å². The second-order valence-electron chi connectivity index (χ2n) is 3.43. The van der Waals surface area contributed by atoms with E-state index in [1.54, 1.807) is 0 Å². The monoisotopic (exact) mass is 268 g/mol. The van der Waals surface area contributed by atoms with Gasteiger partial charge in [0.25, 0.3) is 0 Å². The van der Waals surface area contributed by atoms with Crippen molar-refractivity contribution in [1.82, 2.24) is 4.72 Å². The summed E-state index contributed by atoms with van der Waals surface area (Å²) in [4.78, 5) is -0.948. The molecule has 0 bridgehead atoms. The van der Waals surface area contributed by atoms with E-state index in [0.717, 1.165) is 0 Å². The van der Waals surface area contributed by atoms with E-state index in [0.29, 0.717) is 12.1 Å². The second-order valence-corrected chi connectivity index (χ2v) is 5.11. The van der Waals surface area contributed by atoms with Gasteiger partial charge in [0, 0.05) is 12.6 Å². The normalized spacial score (nSPS) is 13.7. The number of hydrogen-bond donors (Lipinski definition) is 2. The van der Waals surface area contributed by atoms with Crippen molar-refractivity contribution in [3.05, 3.63) is 29.6 Å². The Hall–Kier alpha value is -1.12. The minimum Gasteiger partial charge on any atom is -0.329 e. The third kappa shape index (κ3) is 2.96. The lowest BCUT2D eigenvalue weighted by atomic mass is 10.3. The molecule has 0 radical (unpaired) electrons. The van der Waals surface area contributed by atoms with Crippen LogP contribution < -0.4 is 10.5 Å². The van der Waals surface area contributed by atoms with Gasteiger partial charge < -0.3 is 5.73 Å². The van der Waals surface area contributed by atoms with Crippen LogP contribution in [-0.2, 0) is 10.0 Å². The zero-order valence-electron chi connectivity index (χ0n) is 8.88. The van der Waals surface area contributed by atoms with E-state index in [4.69, 9.17) is 5.73 Å². The van der Waals surface area contributed by atoms with Crippen LogP contribution in [0.25, 0.3) is 0 Å². The minimum atomic E-state index is -4.25. The Balaban J connectivity index is 3.21. The summed E-state index contributed by atoms with van der Waals surface area (Å²) < 4.78 is 64.0. The van der Waals surface area contributed by atoms with E-state index in [9.17, 15) is 21.6 Å². The Kier molecular flexibility index (Phi) is 4.12. The molecule has 0 aromatic heterocycles. The number of hydrogen-bond acceptors (Lipinski definition) is 3. The average Bonchev–Trinajstić information content (AvgIpc) is 2.24. The summed E-state index contributed by atoms with van der Waals surface area (Å²) in [6.07, 6.45) is 0. The molecule has 8 heteroatoms. The number of rotatable bonds is 4. The molecule has 0 saturated carbocycles. The van der Waals surface area contributed by atoms with Gasteiger partial charge in [-0.1, -0.05) is 0 Å². The number of benzene rings is 1. The Bertz CT molecular complexity index is 519. The molecular weight excluding hydrogens is 257 g/mol. The Morgan fingerprint density at radius 2 is 1.88 bits per heavy atom. The average molecular weight is 268 g/mol. The molecule has 0 aliphatic rings. The lowest BCUT2D eigenvalue weighted by molar-refractivity contribution is 0.431. The molecule has 0 heterocycles. The van der Waals surface area contributed by atoms with Crippen LogP contribution in [0, 0.1) is 17.5 Å². The van der Waals surface area contributed by atoms with Crippen LogP contribution in [0.15, 0.2) is 17.0 Å². The van der Waals surface area contributed by atoms with Gasteiger partial charge in [0.05, 0.1) is 0 Å². The molecule has 4 nitrogen and oxygen atoms in total. The number of halogens is 3. The van der Waals surface area contributed by atoms with Gasteiger partial charge in [-0.15, -0.1) is 0 Å². The van der Waals surface area contributed by atoms with E-state index in [2.05, 4.69) is 0 Å². The van der Waals surface area contributed by atoms with Gasteiger partial charge in [-0.3, -0.25) is 0 Å². The molecule has 1 atom stereocenters. The lowest BCUT2D eigenvalue weighted by Crippen LogP contribution is -2.38. The second kappa shape index (κ2) is 5.03. The predicted molar refractivity (Wildman–Crippen MR) is 55.2 cm³/mol. The minimum absolute atomic E-state index is 0.00940. The highest BCUT2D eigenvalue weighted by molar-refractivity contribution is 7.89. The van der Waals surface area contributed by atoms with Crippen molar-refractivity contribution in [1.29, 1.82) is 0 Å². The first-order valence-electron chi connectivity index (χ1n) is 4.65. The van der Waals surface area contributed by atoms with Crippen LogP contribution in [0.2, 0.25) is 0 Å². The molecule has 17 heavy (non-hydrogen) atoms. The molecule has 3 N–H and O–H groups in total. The van der Waals surface area contributed by atoms with Gasteiger partial charge in [0.2, 0.25) is 10.0 Å². The van der Waals surface area contributed by atoms with Gasteiger partial charge in [-0.25, -0.2) is 26.3 Å². The summed E-state index contributed by atoms with van der Waals surface area (Å²) in [6.45, 7) is 1.44. The summed E-state index contributed by atoms with van der Waals surface area (Å²) in [5.41, 5.74) is 5.19. The van der Waals surface area contributed by atoms with Crippen molar-refractivity contribution in [3.63, 3.8) is 0 Å². The van der Waals surface area contributed by atoms with E-state index >= 15 is 0 Å². The maximum Gasteiger partial charge on any atom is 0.243 e. The van der Waals surface area contributed by atoms with Crippen molar-refractivity contribution < 1.29 is 21.6 Å². The molecule has 0 aliphatic heterocycles. The molecule has 1 rings (SSSR count). The number of nitrogens with two attached hydrogens (primary N) is 1. The summed E-state index contributed by atoms with van der Waals surface area (Å²) >= 11 is 0. The largest absolute Gasteiger partial charge is 0.329 e. The van der Waals surface area contributed by atoms with Gasteiger partial charge in [0.15, 0.2) is 17.5 Å². The van der Waals surface area contributed by atoms with E-state index in [1.807, 2.05) is 4.72 Å². The molecule has 1 aromatic rings. The smallest absolute Gasteiger partial charge is 0.243 e. The van der Waals surface area contributed by atoms with Crippen LogP contribution in [-0.4, -0.2) is 21.0 Å². The molecule has 0 aliphatic carbocycles. The maximum absolute atomic E-state index is 13.2. The Morgan fingerprint density at radius 1 is 1.29 bits per heavy atom. The quantitative estimate of drug-likeness (QED) is 0.791. The Morgan fingerprint density at radius 3 is 2.41 bits per heavy atom. The zero-order valence-corrected chi connectivity index (χ0v) is 9.69. The molecule has 1 aromatic carbocycles. The van der Waals surface area contributed by atoms with Crippen LogP contribution in [0.1, 0.15) is 6.92 Å². The first-order chi connectivity index (χ1) is 7.79. The predicted octanol–water partition coefficient (Wildman–Crippen LogP) is 0.729. The van der Waals surface area contributed by atoms with Crippen molar-refractivity contribution in [2.24, 2.45) is 5.73 Å². The van der Waals surface area contributed by atoms with Gasteiger partial charge in [0.1, 0.15) is 4.90 Å². The first-order valence-corrected chi connectivity index (χ1v) is 6.13. The fourth-order valence-corrected chi connectivity index (χ4v) is 2.42. The molecular formula is C9H11F3N2O2S. The molecule has 0 unspecified atom stereocenters. The van der Waals surface area contributed by atoms with Gasteiger partial charge in [-0.05, 0) is 19.1 Å². The topological polar surface area (TPSA) is 72.2 Å². The molecule has 0 spiro atoms.